The largest absolute Gasteiger partial charge is 0.392 e. The van der Waals surface area contributed by atoms with Gasteiger partial charge in [0.05, 0.1) is 6.61 Å². The Morgan fingerprint density at radius 2 is 2.18 bits per heavy atom. The van der Waals surface area contributed by atoms with Crippen LogP contribution in [0.4, 0.5) is 4.39 Å². The van der Waals surface area contributed by atoms with Gasteiger partial charge in [-0.2, -0.15) is 0 Å². The molecule has 1 unspecified atom stereocenters. The molecular formula is C14H22FNO. The second kappa shape index (κ2) is 7.41. The van der Waals surface area contributed by atoms with Crippen LogP contribution in [0.15, 0.2) is 18.2 Å². The SMILES string of the molecule is CCCC(C)CNCc1ccc(F)c(CO)c1. The van der Waals surface area contributed by atoms with Gasteiger partial charge in [-0.3, -0.25) is 0 Å². The molecule has 0 saturated carbocycles. The maximum Gasteiger partial charge on any atom is 0.128 e. The minimum atomic E-state index is -0.337. The summed E-state index contributed by atoms with van der Waals surface area (Å²) in [5.41, 5.74) is 1.38. The molecular weight excluding hydrogens is 217 g/mol. The Labute approximate surface area is 103 Å². The number of aliphatic hydroxyl groups excluding tert-OH is 1. The van der Waals surface area contributed by atoms with Crippen molar-refractivity contribution in [3.05, 3.63) is 35.1 Å². The van der Waals surface area contributed by atoms with Crippen LogP contribution in [0, 0.1) is 11.7 Å². The van der Waals surface area contributed by atoms with E-state index in [4.69, 9.17) is 5.11 Å². The maximum atomic E-state index is 13.1. The van der Waals surface area contributed by atoms with Crippen LogP contribution in [0.3, 0.4) is 0 Å². The number of aliphatic hydroxyl groups is 1. The standard InChI is InChI=1S/C14H22FNO/c1-3-4-11(2)8-16-9-12-5-6-14(15)13(7-12)10-17/h5-7,11,16-17H,3-4,8-10H2,1-2H3. The lowest BCUT2D eigenvalue weighted by Crippen LogP contribution is -2.20. The maximum absolute atomic E-state index is 13.1. The van der Waals surface area contributed by atoms with Gasteiger partial charge in [0.1, 0.15) is 5.82 Å². The first-order chi connectivity index (χ1) is 8.17. The van der Waals surface area contributed by atoms with Crippen LogP contribution in [0.1, 0.15) is 37.8 Å². The highest BCUT2D eigenvalue weighted by atomic mass is 19.1. The molecule has 1 atom stereocenters. The molecule has 0 spiro atoms. The van der Waals surface area contributed by atoms with Gasteiger partial charge in [0, 0.05) is 12.1 Å². The van der Waals surface area contributed by atoms with Crippen molar-refractivity contribution < 1.29 is 9.50 Å². The van der Waals surface area contributed by atoms with Gasteiger partial charge in [0.15, 0.2) is 0 Å². The van der Waals surface area contributed by atoms with Crippen LogP contribution in [-0.2, 0) is 13.2 Å². The second-order valence-electron chi connectivity index (χ2n) is 4.61. The fourth-order valence-electron chi connectivity index (χ4n) is 1.92. The lowest BCUT2D eigenvalue weighted by Gasteiger charge is -2.12. The summed E-state index contributed by atoms with van der Waals surface area (Å²) >= 11 is 0. The normalized spacial score (nSPS) is 12.7. The van der Waals surface area contributed by atoms with Gasteiger partial charge < -0.3 is 10.4 Å². The Morgan fingerprint density at radius 1 is 1.41 bits per heavy atom. The average Bonchev–Trinajstić information content (AvgIpc) is 2.31. The summed E-state index contributed by atoms with van der Waals surface area (Å²) < 4.78 is 13.1. The van der Waals surface area contributed by atoms with E-state index in [2.05, 4.69) is 19.2 Å². The van der Waals surface area contributed by atoms with Crippen molar-refractivity contribution in [1.82, 2.24) is 5.32 Å². The number of halogens is 1. The Hall–Kier alpha value is -0.930. The molecule has 0 saturated heterocycles. The van der Waals surface area contributed by atoms with Gasteiger partial charge in [0.2, 0.25) is 0 Å². The molecule has 0 heterocycles. The minimum Gasteiger partial charge on any atom is -0.392 e. The second-order valence-corrected chi connectivity index (χ2v) is 4.61. The molecule has 0 fully saturated rings. The molecule has 0 bridgehead atoms. The van der Waals surface area contributed by atoms with Crippen LogP contribution in [0.25, 0.3) is 0 Å². The van der Waals surface area contributed by atoms with Crippen LogP contribution < -0.4 is 5.32 Å². The van der Waals surface area contributed by atoms with E-state index in [0.29, 0.717) is 11.5 Å². The lowest BCUT2D eigenvalue weighted by atomic mass is 10.1. The van der Waals surface area contributed by atoms with E-state index in [9.17, 15) is 4.39 Å². The van der Waals surface area contributed by atoms with Gasteiger partial charge in [-0.1, -0.05) is 26.3 Å². The molecule has 1 aromatic carbocycles. The summed E-state index contributed by atoms with van der Waals surface area (Å²) in [5, 5.41) is 12.3. The Bertz CT molecular complexity index is 341. The Morgan fingerprint density at radius 3 is 2.82 bits per heavy atom. The van der Waals surface area contributed by atoms with Crippen molar-refractivity contribution in [1.29, 1.82) is 0 Å². The molecule has 1 rings (SSSR count). The smallest absolute Gasteiger partial charge is 0.128 e. The molecule has 3 heteroatoms. The quantitative estimate of drug-likeness (QED) is 0.767. The Kier molecular flexibility index (Phi) is 6.16. The van der Waals surface area contributed by atoms with Crippen LogP contribution >= 0.6 is 0 Å². The van der Waals surface area contributed by atoms with Gasteiger partial charge >= 0.3 is 0 Å². The molecule has 0 aliphatic heterocycles. The van der Waals surface area contributed by atoms with Crippen molar-refractivity contribution in [2.24, 2.45) is 5.92 Å². The molecule has 2 nitrogen and oxygen atoms in total. The first kappa shape index (κ1) is 14.1. The predicted octanol–water partition coefficient (Wildman–Crippen LogP) is 2.84. The van der Waals surface area contributed by atoms with E-state index >= 15 is 0 Å². The van der Waals surface area contributed by atoms with E-state index in [1.54, 1.807) is 12.1 Å². The zero-order chi connectivity index (χ0) is 12.7. The monoisotopic (exact) mass is 239 g/mol. The summed E-state index contributed by atoms with van der Waals surface area (Å²) in [5.74, 6) is 0.327. The number of hydrogen-bond donors (Lipinski definition) is 2. The van der Waals surface area contributed by atoms with Crippen LogP contribution in [0.5, 0.6) is 0 Å². The fourth-order valence-corrected chi connectivity index (χ4v) is 1.92. The summed E-state index contributed by atoms with van der Waals surface area (Å²) in [6.07, 6.45) is 2.42. The number of hydrogen-bond acceptors (Lipinski definition) is 2. The van der Waals surface area contributed by atoms with Crippen molar-refractivity contribution >= 4 is 0 Å². The predicted molar refractivity (Wildman–Crippen MR) is 68.1 cm³/mol. The lowest BCUT2D eigenvalue weighted by molar-refractivity contribution is 0.275. The highest BCUT2D eigenvalue weighted by molar-refractivity contribution is 5.24. The van der Waals surface area contributed by atoms with Gasteiger partial charge in [-0.15, -0.1) is 0 Å². The molecule has 96 valence electrons. The first-order valence-corrected chi connectivity index (χ1v) is 6.26. The molecule has 2 N–H and O–H groups in total. The number of rotatable bonds is 7. The molecule has 17 heavy (non-hydrogen) atoms. The van der Waals surface area contributed by atoms with Crippen molar-refractivity contribution in [3.63, 3.8) is 0 Å². The van der Waals surface area contributed by atoms with Gasteiger partial charge in [-0.25, -0.2) is 4.39 Å². The topological polar surface area (TPSA) is 32.3 Å². The van der Waals surface area contributed by atoms with Crippen LogP contribution in [-0.4, -0.2) is 11.7 Å². The summed E-state index contributed by atoms with van der Waals surface area (Å²) in [6, 6.07) is 4.89. The molecule has 1 aromatic rings. The fraction of sp³-hybridized carbons (Fsp3) is 0.571. The summed E-state index contributed by atoms with van der Waals surface area (Å²) in [7, 11) is 0. The molecule has 0 radical (unpaired) electrons. The van der Waals surface area contributed by atoms with Crippen molar-refractivity contribution in [2.45, 2.75) is 39.8 Å². The van der Waals surface area contributed by atoms with E-state index in [1.165, 1.54) is 18.9 Å². The molecule has 0 aliphatic rings. The Balaban J connectivity index is 2.41. The van der Waals surface area contributed by atoms with Crippen molar-refractivity contribution in [3.8, 4) is 0 Å². The third kappa shape index (κ3) is 4.84. The van der Waals surface area contributed by atoms with E-state index in [-0.39, 0.29) is 12.4 Å². The molecule has 0 aliphatic carbocycles. The minimum absolute atomic E-state index is 0.244. The number of nitrogens with one attached hydrogen (secondary N) is 1. The zero-order valence-electron chi connectivity index (χ0n) is 10.7. The van der Waals surface area contributed by atoms with Gasteiger partial charge in [0.25, 0.3) is 0 Å². The third-order valence-corrected chi connectivity index (χ3v) is 2.88. The third-order valence-electron chi connectivity index (χ3n) is 2.88. The molecule has 0 amide bonds. The summed E-state index contributed by atoms with van der Waals surface area (Å²) in [6.45, 7) is 5.86. The summed E-state index contributed by atoms with van der Waals surface area (Å²) in [4.78, 5) is 0. The van der Waals surface area contributed by atoms with Crippen molar-refractivity contribution in [2.75, 3.05) is 6.54 Å². The molecule has 0 aromatic heterocycles. The zero-order valence-corrected chi connectivity index (χ0v) is 10.7. The highest BCUT2D eigenvalue weighted by Gasteiger charge is 2.03. The number of benzene rings is 1. The highest BCUT2D eigenvalue weighted by Crippen LogP contribution is 2.11. The van der Waals surface area contributed by atoms with E-state index in [0.717, 1.165) is 18.7 Å². The van der Waals surface area contributed by atoms with E-state index < -0.39 is 0 Å². The van der Waals surface area contributed by atoms with E-state index in [1.807, 2.05) is 0 Å². The van der Waals surface area contributed by atoms with Crippen LogP contribution in [0.2, 0.25) is 0 Å². The first-order valence-electron chi connectivity index (χ1n) is 6.26. The average molecular weight is 239 g/mol. The van der Waals surface area contributed by atoms with Gasteiger partial charge in [-0.05, 0) is 36.6 Å².